The molecule has 1 aliphatic rings. The minimum atomic E-state index is -0.571. The molecule has 1 N–H and O–H groups in total. The second kappa shape index (κ2) is 8.47. The van der Waals surface area contributed by atoms with Gasteiger partial charge in [-0.15, -0.1) is 0 Å². The molecule has 1 saturated heterocycles. The van der Waals surface area contributed by atoms with Crippen LogP contribution in [-0.4, -0.2) is 30.9 Å². The summed E-state index contributed by atoms with van der Waals surface area (Å²) < 4.78 is 5.17. The molecule has 2 aromatic carbocycles. The Balaban J connectivity index is 1.55. The first-order valence-electron chi connectivity index (χ1n) is 9.65. The number of carbonyl (C=O) groups excluding carboxylic acids is 3. The van der Waals surface area contributed by atoms with Crippen molar-refractivity contribution >= 4 is 29.2 Å². The third kappa shape index (κ3) is 5.02. The molecule has 29 heavy (non-hydrogen) atoms. The van der Waals surface area contributed by atoms with Crippen molar-refractivity contribution in [2.75, 3.05) is 23.4 Å². The van der Waals surface area contributed by atoms with Crippen LogP contribution in [0.4, 0.5) is 11.4 Å². The Hall–Kier alpha value is -3.15. The number of amides is 2. The van der Waals surface area contributed by atoms with E-state index in [1.807, 2.05) is 64.1 Å². The van der Waals surface area contributed by atoms with Crippen LogP contribution < -0.4 is 10.2 Å². The summed E-state index contributed by atoms with van der Waals surface area (Å²) in [5.41, 5.74) is 5.75. The highest BCUT2D eigenvalue weighted by Gasteiger charge is 2.36. The zero-order valence-corrected chi connectivity index (χ0v) is 17.2. The second-order valence-electron chi connectivity index (χ2n) is 7.71. The topological polar surface area (TPSA) is 75.7 Å². The summed E-state index contributed by atoms with van der Waals surface area (Å²) in [6.45, 7) is 7.77. The third-order valence-electron chi connectivity index (χ3n) is 5.11. The van der Waals surface area contributed by atoms with Crippen LogP contribution in [0.5, 0.6) is 0 Å². The van der Waals surface area contributed by atoms with Crippen molar-refractivity contribution < 1.29 is 19.1 Å². The number of hydrogen-bond donors (Lipinski definition) is 1. The summed E-state index contributed by atoms with van der Waals surface area (Å²) in [5, 5.41) is 2.73. The molecule has 152 valence electrons. The number of rotatable bonds is 5. The molecular weight excluding hydrogens is 368 g/mol. The van der Waals surface area contributed by atoms with Gasteiger partial charge >= 0.3 is 5.97 Å². The maximum Gasteiger partial charge on any atom is 0.311 e. The van der Waals surface area contributed by atoms with E-state index in [1.165, 1.54) is 0 Å². The van der Waals surface area contributed by atoms with Crippen molar-refractivity contribution in [3.8, 4) is 0 Å². The number of benzene rings is 2. The first-order chi connectivity index (χ1) is 13.7. The van der Waals surface area contributed by atoms with E-state index in [0.29, 0.717) is 5.69 Å². The molecule has 0 aromatic heterocycles. The van der Waals surface area contributed by atoms with Gasteiger partial charge in [0.2, 0.25) is 5.91 Å². The van der Waals surface area contributed by atoms with E-state index >= 15 is 0 Å². The van der Waals surface area contributed by atoms with E-state index in [4.69, 9.17) is 4.74 Å². The third-order valence-corrected chi connectivity index (χ3v) is 5.11. The molecule has 0 aliphatic carbocycles. The van der Waals surface area contributed by atoms with Crippen molar-refractivity contribution in [1.82, 2.24) is 0 Å². The van der Waals surface area contributed by atoms with Crippen LogP contribution in [0.3, 0.4) is 0 Å². The number of hydrogen-bond acceptors (Lipinski definition) is 4. The Bertz CT molecular complexity index is 947. The van der Waals surface area contributed by atoms with Gasteiger partial charge in [-0.1, -0.05) is 12.1 Å². The van der Waals surface area contributed by atoms with Crippen LogP contribution >= 0.6 is 0 Å². The predicted octanol–water partition coefficient (Wildman–Crippen LogP) is 3.46. The zero-order valence-electron chi connectivity index (χ0n) is 17.2. The lowest BCUT2D eigenvalue weighted by molar-refractivity contribution is -0.151. The van der Waals surface area contributed by atoms with Crippen molar-refractivity contribution in [1.29, 1.82) is 0 Å². The summed E-state index contributed by atoms with van der Waals surface area (Å²) in [7, 11) is 0. The minimum absolute atomic E-state index is 0.0877. The molecular formula is C23H26N2O4. The molecule has 0 bridgehead atoms. The largest absolute Gasteiger partial charge is 0.455 e. The summed E-state index contributed by atoms with van der Waals surface area (Å²) in [6, 6.07) is 11.5. The molecule has 6 heteroatoms. The maximum absolute atomic E-state index is 12.4. The highest BCUT2D eigenvalue weighted by molar-refractivity contribution is 6.00. The van der Waals surface area contributed by atoms with E-state index in [-0.39, 0.29) is 25.5 Å². The van der Waals surface area contributed by atoms with E-state index < -0.39 is 17.8 Å². The number of aryl methyl sites for hydroxylation is 4. The Morgan fingerprint density at radius 3 is 2.38 bits per heavy atom. The Morgan fingerprint density at radius 2 is 1.72 bits per heavy atom. The normalized spacial score (nSPS) is 16.1. The van der Waals surface area contributed by atoms with Crippen LogP contribution in [0, 0.1) is 33.6 Å². The maximum atomic E-state index is 12.4. The van der Waals surface area contributed by atoms with Crippen molar-refractivity contribution in [3.05, 3.63) is 58.7 Å². The molecule has 1 heterocycles. The average molecular weight is 394 g/mol. The summed E-state index contributed by atoms with van der Waals surface area (Å²) in [5.74, 6) is -1.62. The lowest BCUT2D eigenvalue weighted by Gasteiger charge is -2.17. The van der Waals surface area contributed by atoms with Crippen molar-refractivity contribution in [2.45, 2.75) is 34.1 Å². The van der Waals surface area contributed by atoms with Gasteiger partial charge in [0.15, 0.2) is 6.61 Å². The number of nitrogens with one attached hydrogen (secondary N) is 1. The smallest absolute Gasteiger partial charge is 0.311 e. The minimum Gasteiger partial charge on any atom is -0.455 e. The first kappa shape index (κ1) is 20.6. The average Bonchev–Trinajstić information content (AvgIpc) is 3.03. The molecule has 1 atom stereocenters. The Kier molecular flexibility index (Phi) is 6.01. The molecule has 2 amide bonds. The van der Waals surface area contributed by atoms with Gasteiger partial charge in [-0.2, -0.15) is 0 Å². The number of carbonyl (C=O) groups is 3. The van der Waals surface area contributed by atoms with Gasteiger partial charge < -0.3 is 15.0 Å². The molecule has 2 aromatic rings. The van der Waals surface area contributed by atoms with Gasteiger partial charge in [0.05, 0.1) is 5.92 Å². The fourth-order valence-corrected chi connectivity index (χ4v) is 3.51. The van der Waals surface area contributed by atoms with E-state index in [0.717, 1.165) is 27.9 Å². The summed E-state index contributed by atoms with van der Waals surface area (Å²) in [6.07, 6.45) is 0.0877. The quantitative estimate of drug-likeness (QED) is 0.788. The Labute approximate surface area is 170 Å². The highest BCUT2D eigenvalue weighted by atomic mass is 16.5. The van der Waals surface area contributed by atoms with Crippen molar-refractivity contribution in [2.24, 2.45) is 5.92 Å². The van der Waals surface area contributed by atoms with Gasteiger partial charge in [0.1, 0.15) is 0 Å². The first-order valence-corrected chi connectivity index (χ1v) is 9.65. The summed E-state index contributed by atoms with van der Waals surface area (Å²) >= 11 is 0. The summed E-state index contributed by atoms with van der Waals surface area (Å²) in [4.78, 5) is 38.5. The van der Waals surface area contributed by atoms with E-state index in [2.05, 4.69) is 5.32 Å². The van der Waals surface area contributed by atoms with Crippen LogP contribution in [0.15, 0.2) is 36.4 Å². The van der Waals surface area contributed by atoms with Crippen LogP contribution in [0.2, 0.25) is 0 Å². The monoisotopic (exact) mass is 394 g/mol. The molecule has 0 saturated carbocycles. The van der Waals surface area contributed by atoms with Crippen LogP contribution in [0.1, 0.15) is 28.7 Å². The van der Waals surface area contributed by atoms with Crippen LogP contribution in [-0.2, 0) is 19.1 Å². The number of esters is 1. The number of ether oxygens (including phenoxy) is 1. The van der Waals surface area contributed by atoms with Gasteiger partial charge in [0, 0.05) is 24.3 Å². The molecule has 0 spiro atoms. The molecule has 3 rings (SSSR count). The SMILES string of the molecule is Cc1cc(C)cc(NC(=O)COC(=O)[C@@H]2CC(=O)N(c3ccc(C)c(C)c3)C2)c1. The fraction of sp³-hybridized carbons (Fsp3) is 0.348. The lowest BCUT2D eigenvalue weighted by atomic mass is 10.1. The number of anilines is 2. The van der Waals surface area contributed by atoms with Gasteiger partial charge in [-0.25, -0.2) is 0 Å². The van der Waals surface area contributed by atoms with Gasteiger partial charge in [-0.05, 0) is 74.2 Å². The van der Waals surface area contributed by atoms with E-state index in [9.17, 15) is 14.4 Å². The standard InChI is InChI=1S/C23H26N2O4/c1-14-7-15(2)9-19(8-14)24-21(26)13-29-23(28)18-11-22(27)25(12-18)20-6-5-16(3)17(4)10-20/h5-10,18H,11-13H2,1-4H3,(H,24,26)/t18-/m1/s1. The van der Waals surface area contributed by atoms with E-state index in [1.54, 1.807) is 4.90 Å². The Morgan fingerprint density at radius 1 is 1.03 bits per heavy atom. The lowest BCUT2D eigenvalue weighted by Crippen LogP contribution is -2.28. The molecule has 0 unspecified atom stereocenters. The van der Waals surface area contributed by atoms with Gasteiger partial charge in [-0.3, -0.25) is 14.4 Å². The van der Waals surface area contributed by atoms with Crippen LogP contribution in [0.25, 0.3) is 0 Å². The molecule has 1 fully saturated rings. The van der Waals surface area contributed by atoms with Crippen molar-refractivity contribution in [3.63, 3.8) is 0 Å². The predicted molar refractivity (Wildman–Crippen MR) is 112 cm³/mol. The number of nitrogens with zero attached hydrogens (tertiary/aromatic N) is 1. The second-order valence-corrected chi connectivity index (χ2v) is 7.71. The zero-order chi connectivity index (χ0) is 21.1. The fourth-order valence-electron chi connectivity index (χ4n) is 3.51. The highest BCUT2D eigenvalue weighted by Crippen LogP contribution is 2.27. The molecule has 1 aliphatic heterocycles. The van der Waals surface area contributed by atoms with Gasteiger partial charge in [0.25, 0.3) is 5.91 Å². The molecule has 6 nitrogen and oxygen atoms in total. The molecule has 0 radical (unpaired) electrons.